The Morgan fingerprint density at radius 2 is 1.79 bits per heavy atom. The number of nitrogens with zero attached hydrogens (tertiary/aromatic N) is 2. The maximum Gasteiger partial charge on any atom is 0.335 e. The van der Waals surface area contributed by atoms with Crippen molar-refractivity contribution in [3.05, 3.63) is 29.8 Å². The SMILES string of the molecule is O=C(OCC(=O)N1CCN(S(=O)(=O)c2c(F)cccc2F)CC1)[C@H]1CCCO1. The van der Waals surface area contributed by atoms with Gasteiger partial charge in [0.2, 0.25) is 10.0 Å². The van der Waals surface area contributed by atoms with Gasteiger partial charge in [-0.05, 0) is 25.0 Å². The lowest BCUT2D eigenvalue weighted by molar-refractivity contribution is -0.160. The number of ether oxygens (including phenoxy) is 2. The molecule has 1 atom stereocenters. The highest BCUT2D eigenvalue weighted by Crippen LogP contribution is 2.23. The number of amides is 1. The number of benzene rings is 1. The van der Waals surface area contributed by atoms with E-state index in [1.54, 1.807) is 0 Å². The fourth-order valence-corrected chi connectivity index (χ4v) is 4.65. The molecule has 0 aromatic heterocycles. The highest BCUT2D eigenvalue weighted by Gasteiger charge is 2.34. The van der Waals surface area contributed by atoms with Crippen molar-refractivity contribution in [1.29, 1.82) is 0 Å². The van der Waals surface area contributed by atoms with Gasteiger partial charge < -0.3 is 14.4 Å². The molecule has 2 saturated heterocycles. The van der Waals surface area contributed by atoms with Crippen molar-refractivity contribution >= 4 is 21.9 Å². The number of sulfonamides is 1. The van der Waals surface area contributed by atoms with Crippen molar-refractivity contribution in [3.63, 3.8) is 0 Å². The van der Waals surface area contributed by atoms with E-state index in [1.165, 1.54) is 4.90 Å². The van der Waals surface area contributed by atoms with Crippen LogP contribution in [0, 0.1) is 11.6 Å². The largest absolute Gasteiger partial charge is 0.454 e. The molecule has 2 heterocycles. The van der Waals surface area contributed by atoms with E-state index in [1.807, 2.05) is 0 Å². The summed E-state index contributed by atoms with van der Waals surface area (Å²) < 4.78 is 63.8. The molecule has 0 aliphatic carbocycles. The van der Waals surface area contributed by atoms with Crippen LogP contribution in [0.25, 0.3) is 0 Å². The molecule has 11 heteroatoms. The number of piperazine rings is 1. The van der Waals surface area contributed by atoms with Crippen LogP contribution < -0.4 is 0 Å². The molecule has 1 aromatic carbocycles. The Balaban J connectivity index is 1.55. The second-order valence-electron chi connectivity index (χ2n) is 6.45. The molecular weight excluding hydrogens is 398 g/mol. The van der Waals surface area contributed by atoms with Crippen LogP contribution in [0.5, 0.6) is 0 Å². The van der Waals surface area contributed by atoms with Crippen molar-refractivity contribution in [3.8, 4) is 0 Å². The highest BCUT2D eigenvalue weighted by atomic mass is 32.2. The van der Waals surface area contributed by atoms with Crippen LogP contribution >= 0.6 is 0 Å². The van der Waals surface area contributed by atoms with E-state index in [0.29, 0.717) is 13.0 Å². The summed E-state index contributed by atoms with van der Waals surface area (Å²) in [5, 5.41) is 0. The van der Waals surface area contributed by atoms with Crippen LogP contribution in [-0.4, -0.2) is 75.0 Å². The van der Waals surface area contributed by atoms with Gasteiger partial charge in [-0.25, -0.2) is 22.0 Å². The first-order valence-electron chi connectivity index (χ1n) is 8.81. The molecule has 0 saturated carbocycles. The van der Waals surface area contributed by atoms with Gasteiger partial charge in [-0.1, -0.05) is 6.07 Å². The molecule has 0 bridgehead atoms. The number of halogens is 2. The first kappa shape index (κ1) is 20.6. The third-order valence-electron chi connectivity index (χ3n) is 4.64. The van der Waals surface area contributed by atoms with Crippen LogP contribution in [0.1, 0.15) is 12.8 Å². The standard InChI is InChI=1S/C17H20F2N2O6S/c18-12-3-1-4-13(19)16(12)28(24,25)21-8-6-20(7-9-21)15(22)11-27-17(23)14-5-2-10-26-14/h1,3-4,14H,2,5-11H2/t14-/m1/s1. The Labute approximate surface area is 161 Å². The van der Waals surface area contributed by atoms with E-state index in [2.05, 4.69) is 0 Å². The molecule has 0 unspecified atom stereocenters. The third-order valence-corrected chi connectivity index (χ3v) is 6.59. The molecule has 28 heavy (non-hydrogen) atoms. The van der Waals surface area contributed by atoms with Gasteiger partial charge >= 0.3 is 5.97 Å². The summed E-state index contributed by atoms with van der Waals surface area (Å²) in [7, 11) is -4.37. The second-order valence-corrected chi connectivity index (χ2v) is 8.32. The van der Waals surface area contributed by atoms with Crippen LogP contribution in [-0.2, 0) is 29.1 Å². The first-order chi connectivity index (χ1) is 13.3. The average molecular weight is 418 g/mol. The summed E-state index contributed by atoms with van der Waals surface area (Å²) in [5.74, 6) is -3.40. The Morgan fingerprint density at radius 3 is 2.36 bits per heavy atom. The highest BCUT2D eigenvalue weighted by molar-refractivity contribution is 7.89. The number of carbonyl (C=O) groups is 2. The second kappa shape index (κ2) is 8.50. The van der Waals surface area contributed by atoms with Gasteiger partial charge in [-0.2, -0.15) is 4.31 Å². The average Bonchev–Trinajstić information content (AvgIpc) is 3.20. The molecule has 154 valence electrons. The van der Waals surface area contributed by atoms with Gasteiger partial charge in [0, 0.05) is 32.8 Å². The van der Waals surface area contributed by atoms with Gasteiger partial charge in [-0.3, -0.25) is 4.79 Å². The van der Waals surface area contributed by atoms with Gasteiger partial charge in [0.1, 0.15) is 11.6 Å². The lowest BCUT2D eigenvalue weighted by Crippen LogP contribution is -2.51. The van der Waals surface area contributed by atoms with E-state index in [4.69, 9.17) is 9.47 Å². The van der Waals surface area contributed by atoms with Crippen molar-refractivity contribution < 1.29 is 36.3 Å². The predicted molar refractivity (Wildman–Crippen MR) is 91.6 cm³/mol. The minimum Gasteiger partial charge on any atom is -0.454 e. The van der Waals surface area contributed by atoms with E-state index in [-0.39, 0.29) is 26.2 Å². The zero-order chi connectivity index (χ0) is 20.3. The molecule has 1 amide bonds. The first-order valence-corrected chi connectivity index (χ1v) is 10.2. The maximum atomic E-state index is 13.8. The smallest absolute Gasteiger partial charge is 0.335 e. The predicted octanol–water partition coefficient (Wildman–Crippen LogP) is 0.520. The molecule has 1 aromatic rings. The van der Waals surface area contributed by atoms with Gasteiger partial charge in [0.25, 0.3) is 5.91 Å². The number of hydrogen-bond acceptors (Lipinski definition) is 6. The van der Waals surface area contributed by atoms with Crippen molar-refractivity contribution in [2.45, 2.75) is 23.8 Å². The molecule has 2 aliphatic rings. The van der Waals surface area contributed by atoms with Crippen molar-refractivity contribution in [2.24, 2.45) is 0 Å². The minimum atomic E-state index is -4.37. The number of hydrogen-bond donors (Lipinski definition) is 0. The Bertz CT molecular complexity index is 829. The van der Waals surface area contributed by atoms with Crippen LogP contribution in [0.15, 0.2) is 23.1 Å². The van der Waals surface area contributed by atoms with Gasteiger partial charge in [0.15, 0.2) is 17.6 Å². The summed E-state index contributed by atoms with van der Waals surface area (Å²) in [6.45, 7) is -0.194. The minimum absolute atomic E-state index is 0.0195. The normalized spacial score (nSPS) is 20.9. The zero-order valence-corrected chi connectivity index (χ0v) is 15.8. The maximum absolute atomic E-state index is 13.8. The Morgan fingerprint density at radius 1 is 1.14 bits per heavy atom. The van der Waals surface area contributed by atoms with E-state index in [9.17, 15) is 26.8 Å². The van der Waals surface area contributed by atoms with E-state index in [0.717, 1.165) is 28.9 Å². The summed E-state index contributed by atoms with van der Waals surface area (Å²) in [5.41, 5.74) is 0. The molecule has 2 fully saturated rings. The summed E-state index contributed by atoms with van der Waals surface area (Å²) >= 11 is 0. The zero-order valence-electron chi connectivity index (χ0n) is 15.0. The topological polar surface area (TPSA) is 93.2 Å². The van der Waals surface area contributed by atoms with Gasteiger partial charge in [-0.15, -0.1) is 0 Å². The fourth-order valence-electron chi connectivity index (χ4n) is 3.12. The Kier molecular flexibility index (Phi) is 6.26. The molecule has 0 radical (unpaired) electrons. The molecular formula is C17H20F2N2O6S. The number of esters is 1. The number of rotatable bonds is 5. The quantitative estimate of drug-likeness (QED) is 0.648. The molecule has 0 spiro atoms. The lowest BCUT2D eigenvalue weighted by Gasteiger charge is -2.34. The summed E-state index contributed by atoms with van der Waals surface area (Å²) in [6.07, 6.45) is 0.661. The molecule has 3 rings (SSSR count). The van der Waals surface area contributed by atoms with Crippen LogP contribution in [0.4, 0.5) is 8.78 Å². The fraction of sp³-hybridized carbons (Fsp3) is 0.529. The molecule has 2 aliphatic heterocycles. The summed E-state index contributed by atoms with van der Waals surface area (Å²) in [6, 6.07) is 2.83. The Hall–Kier alpha value is -2.11. The van der Waals surface area contributed by atoms with Gasteiger partial charge in [0.05, 0.1) is 0 Å². The van der Waals surface area contributed by atoms with Crippen LogP contribution in [0.2, 0.25) is 0 Å². The molecule has 0 N–H and O–H groups in total. The van der Waals surface area contributed by atoms with Crippen molar-refractivity contribution in [1.82, 2.24) is 9.21 Å². The number of carbonyl (C=O) groups excluding carboxylic acids is 2. The van der Waals surface area contributed by atoms with Crippen LogP contribution in [0.3, 0.4) is 0 Å². The van der Waals surface area contributed by atoms with E-state index < -0.39 is 51.1 Å². The lowest BCUT2D eigenvalue weighted by atomic mass is 10.2. The summed E-state index contributed by atoms with van der Waals surface area (Å²) in [4.78, 5) is 24.3. The monoisotopic (exact) mass is 418 g/mol. The van der Waals surface area contributed by atoms with Crippen molar-refractivity contribution in [2.75, 3.05) is 39.4 Å². The third kappa shape index (κ3) is 4.31. The molecule has 8 nitrogen and oxygen atoms in total. The van der Waals surface area contributed by atoms with E-state index >= 15 is 0 Å².